The van der Waals surface area contributed by atoms with Crippen molar-refractivity contribution in [1.82, 2.24) is 20.1 Å². The molecule has 0 radical (unpaired) electrons. The van der Waals surface area contributed by atoms with Crippen LogP contribution in [0.4, 0.5) is 0 Å². The highest BCUT2D eigenvalue weighted by atomic mass is 15.3. The maximum absolute atomic E-state index is 4.18. The molecule has 0 aromatic carbocycles. The minimum absolute atomic E-state index is 0.260. The van der Waals surface area contributed by atoms with Gasteiger partial charge < -0.3 is 9.88 Å². The van der Waals surface area contributed by atoms with Crippen molar-refractivity contribution >= 4 is 0 Å². The zero-order valence-corrected chi connectivity index (χ0v) is 11.4. The lowest BCUT2D eigenvalue weighted by molar-refractivity contribution is 0.302. The van der Waals surface area contributed by atoms with Crippen LogP contribution in [0.25, 0.3) is 0 Å². The zero-order chi connectivity index (χ0) is 12.7. The zero-order valence-electron chi connectivity index (χ0n) is 11.4. The Kier molecular flexibility index (Phi) is 2.98. The van der Waals surface area contributed by atoms with E-state index in [9.17, 15) is 0 Å². The van der Waals surface area contributed by atoms with Crippen molar-refractivity contribution < 1.29 is 0 Å². The molecule has 1 fully saturated rings. The summed E-state index contributed by atoms with van der Waals surface area (Å²) in [6.07, 6.45) is 9.30. The first-order valence-electron chi connectivity index (χ1n) is 6.93. The molecule has 2 aliphatic carbocycles. The minimum atomic E-state index is 0.260. The van der Waals surface area contributed by atoms with Crippen molar-refractivity contribution in [3.63, 3.8) is 0 Å². The molecule has 1 aromatic heterocycles. The second-order valence-electron chi connectivity index (χ2n) is 5.92. The van der Waals surface area contributed by atoms with Gasteiger partial charge in [0.2, 0.25) is 0 Å². The van der Waals surface area contributed by atoms with E-state index in [1.165, 1.54) is 12.8 Å². The topological polar surface area (TPSA) is 42.7 Å². The van der Waals surface area contributed by atoms with Crippen molar-refractivity contribution in [2.45, 2.75) is 38.8 Å². The molecule has 4 heteroatoms. The largest absolute Gasteiger partial charge is 0.319 e. The van der Waals surface area contributed by atoms with Gasteiger partial charge in [-0.1, -0.05) is 12.2 Å². The Bertz CT molecular complexity index is 450. The van der Waals surface area contributed by atoms with E-state index >= 15 is 0 Å². The Balaban J connectivity index is 1.63. The number of allylic oxidation sites excluding steroid dienone is 2. The molecule has 0 amide bonds. The SMILES string of the molecule is CC(NC(C)C1CC2C=CC1C2)c1nncn1C. The highest BCUT2D eigenvalue weighted by molar-refractivity contribution is 5.12. The van der Waals surface area contributed by atoms with Gasteiger partial charge in [-0.2, -0.15) is 0 Å². The third kappa shape index (κ3) is 1.99. The summed E-state index contributed by atoms with van der Waals surface area (Å²) in [4.78, 5) is 0. The van der Waals surface area contributed by atoms with Gasteiger partial charge >= 0.3 is 0 Å². The Morgan fingerprint density at radius 2 is 2.17 bits per heavy atom. The Hall–Kier alpha value is -1.16. The number of aromatic nitrogens is 3. The van der Waals surface area contributed by atoms with Gasteiger partial charge in [-0.25, -0.2) is 0 Å². The Labute approximate surface area is 108 Å². The monoisotopic (exact) mass is 246 g/mol. The quantitative estimate of drug-likeness (QED) is 0.827. The summed E-state index contributed by atoms with van der Waals surface area (Å²) < 4.78 is 1.99. The molecule has 5 unspecified atom stereocenters. The lowest BCUT2D eigenvalue weighted by atomic mass is 9.87. The summed E-state index contributed by atoms with van der Waals surface area (Å²) in [5.41, 5.74) is 0. The van der Waals surface area contributed by atoms with Crippen LogP contribution in [0.3, 0.4) is 0 Å². The number of nitrogens with one attached hydrogen (secondary N) is 1. The smallest absolute Gasteiger partial charge is 0.149 e. The molecule has 98 valence electrons. The van der Waals surface area contributed by atoms with Crippen LogP contribution in [0, 0.1) is 17.8 Å². The first kappa shape index (κ1) is 11.9. The Morgan fingerprint density at radius 3 is 2.72 bits per heavy atom. The number of nitrogens with zero attached hydrogens (tertiary/aromatic N) is 3. The van der Waals surface area contributed by atoms with Gasteiger partial charge in [-0.15, -0.1) is 10.2 Å². The molecule has 18 heavy (non-hydrogen) atoms. The maximum atomic E-state index is 4.18. The molecule has 1 aromatic rings. The fraction of sp³-hybridized carbons (Fsp3) is 0.714. The lowest BCUT2D eigenvalue weighted by Crippen LogP contribution is -2.37. The van der Waals surface area contributed by atoms with E-state index in [1.54, 1.807) is 6.33 Å². The highest BCUT2D eigenvalue weighted by Gasteiger charge is 2.38. The molecule has 2 bridgehead atoms. The van der Waals surface area contributed by atoms with Crippen LogP contribution >= 0.6 is 0 Å². The van der Waals surface area contributed by atoms with Crippen LogP contribution in [0.2, 0.25) is 0 Å². The highest BCUT2D eigenvalue weighted by Crippen LogP contribution is 2.45. The molecule has 0 saturated heterocycles. The van der Waals surface area contributed by atoms with Gasteiger partial charge in [0.1, 0.15) is 12.2 Å². The number of fused-ring (bicyclic) bond motifs is 2. The maximum Gasteiger partial charge on any atom is 0.149 e. The molecule has 0 spiro atoms. The van der Waals surface area contributed by atoms with Crippen LogP contribution in [0.5, 0.6) is 0 Å². The molecular formula is C14H22N4. The fourth-order valence-corrected chi connectivity index (χ4v) is 3.67. The first-order valence-corrected chi connectivity index (χ1v) is 6.93. The molecule has 1 heterocycles. The van der Waals surface area contributed by atoms with Gasteiger partial charge in [0.05, 0.1) is 6.04 Å². The predicted octanol–water partition coefficient (Wildman–Crippen LogP) is 2.07. The van der Waals surface area contributed by atoms with Crippen molar-refractivity contribution in [1.29, 1.82) is 0 Å². The van der Waals surface area contributed by atoms with Crippen molar-refractivity contribution in [2.75, 3.05) is 0 Å². The van der Waals surface area contributed by atoms with E-state index in [4.69, 9.17) is 0 Å². The van der Waals surface area contributed by atoms with E-state index in [-0.39, 0.29) is 6.04 Å². The van der Waals surface area contributed by atoms with Crippen molar-refractivity contribution in [2.24, 2.45) is 24.8 Å². The summed E-state index contributed by atoms with van der Waals surface area (Å²) in [7, 11) is 2.00. The number of aryl methyl sites for hydroxylation is 1. The molecule has 3 rings (SSSR count). The van der Waals surface area contributed by atoms with Gasteiger partial charge in [-0.3, -0.25) is 0 Å². The lowest BCUT2D eigenvalue weighted by Gasteiger charge is -2.28. The summed E-state index contributed by atoms with van der Waals surface area (Å²) in [6.45, 7) is 4.48. The van der Waals surface area contributed by atoms with E-state index in [1.807, 2.05) is 11.6 Å². The number of rotatable bonds is 4. The number of hydrogen-bond acceptors (Lipinski definition) is 3. The van der Waals surface area contributed by atoms with Gasteiger partial charge in [0.15, 0.2) is 0 Å². The van der Waals surface area contributed by atoms with Crippen LogP contribution < -0.4 is 5.32 Å². The summed E-state index contributed by atoms with van der Waals surface area (Å²) in [5, 5.41) is 11.8. The van der Waals surface area contributed by atoms with E-state index in [0.717, 1.165) is 23.6 Å². The first-order chi connectivity index (χ1) is 8.65. The third-order valence-corrected chi connectivity index (χ3v) is 4.62. The molecule has 5 atom stereocenters. The normalized spacial score (nSPS) is 32.9. The number of hydrogen-bond donors (Lipinski definition) is 1. The molecule has 4 nitrogen and oxygen atoms in total. The second kappa shape index (κ2) is 4.50. The predicted molar refractivity (Wildman–Crippen MR) is 70.9 cm³/mol. The van der Waals surface area contributed by atoms with Crippen LogP contribution in [0.1, 0.15) is 38.6 Å². The molecule has 0 aliphatic heterocycles. The summed E-state index contributed by atoms with van der Waals surface area (Å²) in [5.74, 6) is 3.44. The van der Waals surface area contributed by atoms with Gasteiger partial charge in [0.25, 0.3) is 0 Å². The molecule has 2 aliphatic rings. The Morgan fingerprint density at radius 1 is 1.33 bits per heavy atom. The minimum Gasteiger partial charge on any atom is -0.319 e. The summed E-state index contributed by atoms with van der Waals surface area (Å²) >= 11 is 0. The van der Waals surface area contributed by atoms with Gasteiger partial charge in [-0.05, 0) is 44.4 Å². The van der Waals surface area contributed by atoms with Crippen LogP contribution in [-0.2, 0) is 7.05 Å². The van der Waals surface area contributed by atoms with Crippen molar-refractivity contribution in [3.05, 3.63) is 24.3 Å². The molecular weight excluding hydrogens is 224 g/mol. The fourth-order valence-electron chi connectivity index (χ4n) is 3.67. The van der Waals surface area contributed by atoms with E-state index in [0.29, 0.717) is 6.04 Å². The van der Waals surface area contributed by atoms with E-state index in [2.05, 4.69) is 41.5 Å². The summed E-state index contributed by atoms with van der Waals surface area (Å²) in [6, 6.07) is 0.798. The average Bonchev–Trinajstić information content (AvgIpc) is 3.03. The molecule has 1 N–H and O–H groups in total. The molecule has 1 saturated carbocycles. The van der Waals surface area contributed by atoms with Crippen LogP contribution in [-0.4, -0.2) is 20.8 Å². The standard InChI is InChI=1S/C14H22N4/c1-9(13-7-11-4-5-12(13)6-11)16-10(2)14-17-15-8-18(14)3/h4-5,8-13,16H,6-7H2,1-3H3. The van der Waals surface area contributed by atoms with Gasteiger partial charge in [0, 0.05) is 13.1 Å². The van der Waals surface area contributed by atoms with Crippen LogP contribution in [0.15, 0.2) is 18.5 Å². The van der Waals surface area contributed by atoms with E-state index < -0.39 is 0 Å². The third-order valence-electron chi connectivity index (χ3n) is 4.62. The van der Waals surface area contributed by atoms with Crippen molar-refractivity contribution in [3.8, 4) is 0 Å². The second-order valence-corrected chi connectivity index (χ2v) is 5.92. The average molecular weight is 246 g/mol.